The molecule has 7 heteroatoms. The van der Waals surface area contributed by atoms with E-state index in [1.54, 1.807) is 0 Å². The van der Waals surface area contributed by atoms with Crippen molar-refractivity contribution in [3.8, 4) is 0 Å². The minimum absolute atomic E-state index is 0.140. The van der Waals surface area contributed by atoms with Crippen LogP contribution < -0.4 is 5.11 Å². The molecule has 0 bridgehead atoms. The Hall–Kier alpha value is -0.500. The van der Waals surface area contributed by atoms with Crippen LogP contribution in [0, 0.1) is 0 Å². The van der Waals surface area contributed by atoms with Gasteiger partial charge >= 0.3 is 0 Å². The molecule has 0 radical (unpaired) electrons. The molecule has 0 aliphatic heterocycles. The molecule has 78 valence electrons. The zero-order valence-corrected chi connectivity index (χ0v) is 9.29. The van der Waals surface area contributed by atoms with Gasteiger partial charge in [-0.25, -0.2) is 4.98 Å². The summed E-state index contributed by atoms with van der Waals surface area (Å²) in [5.41, 5.74) is 0.140. The minimum Gasteiger partial charge on any atom is -0.542 e. The van der Waals surface area contributed by atoms with E-state index in [0.29, 0.717) is 0 Å². The third-order valence-electron chi connectivity index (χ3n) is 1.52. The molecular formula is C7H7BrNO4S-. The Morgan fingerprint density at radius 2 is 2.36 bits per heavy atom. The van der Waals surface area contributed by atoms with E-state index in [1.165, 1.54) is 5.38 Å². The standard InChI is InChI=1S/C7H8BrNO4S/c8-1-4(10)5(11)3-2-14-6(9-3)7(12)13/h2,4-5,10-11H,1H2,(H,12,13)/p-1. The van der Waals surface area contributed by atoms with E-state index in [-0.39, 0.29) is 16.0 Å². The van der Waals surface area contributed by atoms with Crippen LogP contribution in [0.15, 0.2) is 5.38 Å². The number of halogens is 1. The summed E-state index contributed by atoms with van der Waals surface area (Å²) in [5.74, 6) is -1.39. The van der Waals surface area contributed by atoms with Gasteiger partial charge in [-0.15, -0.1) is 11.3 Å². The van der Waals surface area contributed by atoms with Crippen LogP contribution in [0.3, 0.4) is 0 Å². The van der Waals surface area contributed by atoms with Gasteiger partial charge in [0.05, 0.1) is 11.8 Å². The van der Waals surface area contributed by atoms with Gasteiger partial charge in [0, 0.05) is 10.7 Å². The third-order valence-corrected chi connectivity index (χ3v) is 3.03. The number of carbonyl (C=O) groups excluding carboxylic acids is 1. The molecule has 2 unspecified atom stereocenters. The van der Waals surface area contributed by atoms with Gasteiger partial charge in [0.2, 0.25) is 0 Å². The number of nitrogens with zero attached hydrogens (tertiary/aromatic N) is 1. The van der Waals surface area contributed by atoms with Crippen LogP contribution in [0.4, 0.5) is 0 Å². The summed E-state index contributed by atoms with van der Waals surface area (Å²) in [6.45, 7) is 0. The lowest BCUT2D eigenvalue weighted by atomic mass is 10.2. The second kappa shape index (κ2) is 4.83. The number of carboxylic acid groups (broad SMARTS) is 1. The highest BCUT2D eigenvalue weighted by Gasteiger charge is 2.20. The maximum absolute atomic E-state index is 10.4. The molecule has 0 fully saturated rings. The number of thiazole rings is 1. The monoisotopic (exact) mass is 280 g/mol. The van der Waals surface area contributed by atoms with Crippen molar-refractivity contribution in [2.24, 2.45) is 0 Å². The van der Waals surface area contributed by atoms with Crippen molar-refractivity contribution in [2.75, 3.05) is 5.33 Å². The van der Waals surface area contributed by atoms with Crippen molar-refractivity contribution < 1.29 is 20.1 Å². The fraction of sp³-hybridized carbons (Fsp3) is 0.429. The summed E-state index contributed by atoms with van der Waals surface area (Å²) in [5, 5.41) is 30.4. The van der Waals surface area contributed by atoms with E-state index >= 15 is 0 Å². The summed E-state index contributed by atoms with van der Waals surface area (Å²) in [6, 6.07) is 0. The van der Waals surface area contributed by atoms with E-state index < -0.39 is 18.2 Å². The number of rotatable bonds is 4. The first-order valence-electron chi connectivity index (χ1n) is 3.65. The molecule has 0 aliphatic carbocycles. The molecular weight excluding hydrogens is 274 g/mol. The van der Waals surface area contributed by atoms with Gasteiger partial charge in [-0.2, -0.15) is 0 Å². The van der Waals surface area contributed by atoms with E-state index in [9.17, 15) is 20.1 Å². The lowest BCUT2D eigenvalue weighted by molar-refractivity contribution is -0.255. The maximum atomic E-state index is 10.4. The Kier molecular flexibility index (Phi) is 3.99. The minimum atomic E-state index is -1.39. The first-order chi connectivity index (χ1) is 6.56. The average Bonchev–Trinajstić information content (AvgIpc) is 2.64. The van der Waals surface area contributed by atoms with Crippen LogP contribution in [0.25, 0.3) is 0 Å². The lowest BCUT2D eigenvalue weighted by Crippen LogP contribution is -2.23. The first-order valence-corrected chi connectivity index (χ1v) is 5.65. The van der Waals surface area contributed by atoms with E-state index in [4.69, 9.17) is 0 Å². The first kappa shape index (κ1) is 11.6. The summed E-state index contributed by atoms with van der Waals surface area (Å²) in [4.78, 5) is 14.0. The molecule has 14 heavy (non-hydrogen) atoms. The molecule has 0 aromatic carbocycles. The largest absolute Gasteiger partial charge is 0.542 e. The van der Waals surface area contributed by atoms with Gasteiger partial charge in [0.25, 0.3) is 0 Å². The number of alkyl halides is 1. The van der Waals surface area contributed by atoms with Crippen LogP contribution in [0.2, 0.25) is 0 Å². The van der Waals surface area contributed by atoms with Gasteiger partial charge in [-0.1, -0.05) is 15.9 Å². The quantitative estimate of drug-likeness (QED) is 0.711. The predicted octanol–water partition coefficient (Wildman–Crippen LogP) is -0.704. The molecule has 2 atom stereocenters. The van der Waals surface area contributed by atoms with Crippen molar-refractivity contribution in [1.29, 1.82) is 0 Å². The van der Waals surface area contributed by atoms with Crippen molar-refractivity contribution in [3.63, 3.8) is 0 Å². The van der Waals surface area contributed by atoms with Crippen LogP contribution in [0.5, 0.6) is 0 Å². The summed E-state index contributed by atoms with van der Waals surface area (Å²) < 4.78 is 0. The number of carboxylic acids is 1. The zero-order valence-electron chi connectivity index (χ0n) is 6.88. The molecule has 1 aromatic heterocycles. The molecule has 0 saturated heterocycles. The number of aromatic carboxylic acids is 1. The molecule has 0 amide bonds. The van der Waals surface area contributed by atoms with Gasteiger partial charge in [0.15, 0.2) is 0 Å². The Bertz CT molecular complexity index is 329. The topological polar surface area (TPSA) is 93.5 Å². The van der Waals surface area contributed by atoms with Crippen LogP contribution >= 0.6 is 27.3 Å². The third kappa shape index (κ3) is 2.50. The number of hydrogen-bond acceptors (Lipinski definition) is 6. The lowest BCUT2D eigenvalue weighted by Gasteiger charge is -2.12. The van der Waals surface area contributed by atoms with Crippen molar-refractivity contribution in [2.45, 2.75) is 12.2 Å². The van der Waals surface area contributed by atoms with Crippen molar-refractivity contribution >= 4 is 33.2 Å². The smallest absolute Gasteiger partial charge is 0.139 e. The van der Waals surface area contributed by atoms with Crippen LogP contribution in [0.1, 0.15) is 21.6 Å². The van der Waals surface area contributed by atoms with E-state index in [1.807, 2.05) is 0 Å². The number of aliphatic hydroxyl groups is 2. The number of hydrogen-bond donors (Lipinski definition) is 2. The Labute approximate surface area is 92.2 Å². The number of aromatic nitrogens is 1. The normalized spacial score (nSPS) is 15.1. The Morgan fingerprint density at radius 1 is 1.71 bits per heavy atom. The fourth-order valence-corrected chi connectivity index (χ4v) is 1.83. The molecule has 0 saturated carbocycles. The van der Waals surface area contributed by atoms with Gasteiger partial charge in [-0.05, 0) is 0 Å². The number of aliphatic hydroxyl groups excluding tert-OH is 2. The predicted molar refractivity (Wildman–Crippen MR) is 51.2 cm³/mol. The SMILES string of the molecule is O=C([O-])c1nc(C(O)C(O)CBr)cs1. The summed E-state index contributed by atoms with van der Waals surface area (Å²) in [6.07, 6.45) is -2.19. The van der Waals surface area contributed by atoms with Crippen LogP contribution in [-0.4, -0.2) is 32.6 Å². The van der Waals surface area contributed by atoms with Crippen LogP contribution in [-0.2, 0) is 0 Å². The van der Waals surface area contributed by atoms with Crippen molar-refractivity contribution in [1.82, 2.24) is 4.98 Å². The zero-order chi connectivity index (χ0) is 10.7. The van der Waals surface area contributed by atoms with Gasteiger partial charge in [-0.3, -0.25) is 0 Å². The number of carbonyl (C=O) groups is 1. The Morgan fingerprint density at radius 3 is 2.79 bits per heavy atom. The molecule has 1 heterocycles. The highest BCUT2D eigenvalue weighted by atomic mass is 79.9. The highest BCUT2D eigenvalue weighted by molar-refractivity contribution is 9.09. The summed E-state index contributed by atoms with van der Waals surface area (Å²) >= 11 is 3.84. The summed E-state index contributed by atoms with van der Waals surface area (Å²) in [7, 11) is 0. The van der Waals surface area contributed by atoms with E-state index in [0.717, 1.165) is 11.3 Å². The molecule has 0 aliphatic rings. The molecule has 2 N–H and O–H groups in total. The highest BCUT2D eigenvalue weighted by Crippen LogP contribution is 2.20. The van der Waals surface area contributed by atoms with E-state index in [2.05, 4.69) is 20.9 Å². The van der Waals surface area contributed by atoms with Gasteiger partial charge < -0.3 is 20.1 Å². The Balaban J connectivity index is 2.81. The molecule has 1 aromatic rings. The second-order valence-electron chi connectivity index (χ2n) is 2.53. The molecule has 0 spiro atoms. The molecule has 1 rings (SSSR count). The average molecular weight is 281 g/mol. The molecule has 5 nitrogen and oxygen atoms in total. The maximum Gasteiger partial charge on any atom is 0.139 e. The van der Waals surface area contributed by atoms with Crippen molar-refractivity contribution in [3.05, 3.63) is 16.1 Å². The second-order valence-corrected chi connectivity index (χ2v) is 4.04. The van der Waals surface area contributed by atoms with Gasteiger partial charge in [0.1, 0.15) is 17.1 Å². The fourth-order valence-electron chi connectivity index (χ4n) is 0.797.